The normalized spacial score (nSPS) is 13.8. The second-order valence-electron chi connectivity index (χ2n) is 4.44. The Hall–Kier alpha value is -1.88. The van der Waals surface area contributed by atoms with Gasteiger partial charge < -0.3 is 15.2 Å². The van der Waals surface area contributed by atoms with Crippen LogP contribution in [0.25, 0.3) is 0 Å². The van der Waals surface area contributed by atoms with E-state index >= 15 is 0 Å². The van der Waals surface area contributed by atoms with E-state index in [1.807, 2.05) is 18.2 Å². The van der Waals surface area contributed by atoms with E-state index in [1.54, 1.807) is 6.07 Å². The molecular weight excluding hydrogens is 277 g/mol. The number of halogens is 1. The summed E-state index contributed by atoms with van der Waals surface area (Å²) in [4.78, 5) is 1.63. The molecule has 0 atom stereocenters. The molecule has 0 unspecified atom stereocenters. The molecule has 2 N–H and O–H groups in total. The molecule has 0 fully saturated rings. The maximum atomic E-state index is 13.3. The molecule has 2 aromatic rings. The minimum atomic E-state index is -0.295. The Morgan fingerprint density at radius 1 is 1.00 bits per heavy atom. The van der Waals surface area contributed by atoms with Crippen LogP contribution >= 0.6 is 11.8 Å². The number of nitrogen functional groups attached to an aromatic ring is 1. The van der Waals surface area contributed by atoms with Gasteiger partial charge in [-0.1, -0.05) is 11.8 Å². The van der Waals surface area contributed by atoms with Gasteiger partial charge in [0, 0.05) is 21.9 Å². The Balaban J connectivity index is 1.87. The standard InChI is InChI=1S/C15H14FNO2S/c16-10-2-4-12(17)15(8-10)20-11-3-5-13-14(9-11)19-7-1-6-18-13/h2-5,8-9H,1,6-7,17H2. The summed E-state index contributed by atoms with van der Waals surface area (Å²) >= 11 is 1.41. The van der Waals surface area contributed by atoms with E-state index in [4.69, 9.17) is 15.2 Å². The molecule has 0 saturated carbocycles. The maximum absolute atomic E-state index is 13.3. The van der Waals surface area contributed by atoms with Gasteiger partial charge in [-0.25, -0.2) is 4.39 Å². The van der Waals surface area contributed by atoms with Gasteiger partial charge in [0.15, 0.2) is 11.5 Å². The van der Waals surface area contributed by atoms with Crippen molar-refractivity contribution in [2.45, 2.75) is 16.2 Å². The van der Waals surface area contributed by atoms with Crippen LogP contribution in [0.3, 0.4) is 0 Å². The number of anilines is 1. The highest BCUT2D eigenvalue weighted by atomic mass is 32.2. The summed E-state index contributed by atoms with van der Waals surface area (Å²) in [6, 6.07) is 10.0. The second-order valence-corrected chi connectivity index (χ2v) is 5.56. The quantitative estimate of drug-likeness (QED) is 0.856. The first kappa shape index (κ1) is 13.1. The first-order chi connectivity index (χ1) is 9.72. The molecule has 0 aromatic heterocycles. The molecule has 1 aliphatic heterocycles. The van der Waals surface area contributed by atoms with E-state index < -0.39 is 0 Å². The van der Waals surface area contributed by atoms with Crippen molar-refractivity contribution in [2.75, 3.05) is 18.9 Å². The van der Waals surface area contributed by atoms with Crippen molar-refractivity contribution in [1.82, 2.24) is 0 Å². The zero-order valence-corrected chi connectivity index (χ0v) is 11.6. The zero-order chi connectivity index (χ0) is 13.9. The van der Waals surface area contributed by atoms with E-state index in [-0.39, 0.29) is 5.82 Å². The molecule has 5 heteroatoms. The van der Waals surface area contributed by atoms with Gasteiger partial charge in [0.25, 0.3) is 0 Å². The van der Waals surface area contributed by atoms with Crippen molar-refractivity contribution in [3.8, 4) is 11.5 Å². The first-order valence-corrected chi connectivity index (χ1v) is 7.16. The lowest BCUT2D eigenvalue weighted by molar-refractivity contribution is 0.297. The van der Waals surface area contributed by atoms with E-state index in [2.05, 4.69) is 0 Å². The molecule has 1 heterocycles. The highest BCUT2D eigenvalue weighted by Gasteiger charge is 2.12. The van der Waals surface area contributed by atoms with Crippen LogP contribution in [0.15, 0.2) is 46.2 Å². The van der Waals surface area contributed by atoms with Gasteiger partial charge in [-0.2, -0.15) is 0 Å². The van der Waals surface area contributed by atoms with E-state index in [0.29, 0.717) is 23.8 Å². The minimum Gasteiger partial charge on any atom is -0.490 e. The van der Waals surface area contributed by atoms with Crippen LogP contribution in [0.5, 0.6) is 11.5 Å². The number of hydrogen-bond donors (Lipinski definition) is 1. The SMILES string of the molecule is Nc1ccc(F)cc1Sc1ccc2c(c1)OCCCO2. The predicted molar refractivity (Wildman–Crippen MR) is 77.0 cm³/mol. The van der Waals surface area contributed by atoms with E-state index in [0.717, 1.165) is 22.8 Å². The summed E-state index contributed by atoms with van der Waals surface area (Å²) in [5.41, 5.74) is 6.42. The van der Waals surface area contributed by atoms with E-state index in [1.165, 1.54) is 23.9 Å². The number of nitrogens with two attached hydrogens (primary N) is 1. The summed E-state index contributed by atoms with van der Waals surface area (Å²) in [5.74, 6) is 1.18. The van der Waals surface area contributed by atoms with Gasteiger partial charge in [-0.05, 0) is 36.4 Å². The fourth-order valence-corrected chi connectivity index (χ4v) is 2.84. The van der Waals surface area contributed by atoms with Crippen molar-refractivity contribution >= 4 is 17.4 Å². The van der Waals surface area contributed by atoms with Crippen LogP contribution in [0.2, 0.25) is 0 Å². The summed E-state index contributed by atoms with van der Waals surface area (Å²) in [7, 11) is 0. The third kappa shape index (κ3) is 2.82. The molecular formula is C15H14FNO2S. The summed E-state index contributed by atoms with van der Waals surface area (Å²) in [6.07, 6.45) is 0.869. The highest BCUT2D eigenvalue weighted by Crippen LogP contribution is 2.38. The number of ether oxygens (including phenoxy) is 2. The molecule has 0 radical (unpaired) electrons. The molecule has 0 bridgehead atoms. The third-order valence-corrected chi connectivity index (χ3v) is 3.99. The van der Waals surface area contributed by atoms with Gasteiger partial charge in [0.05, 0.1) is 13.2 Å². The molecule has 20 heavy (non-hydrogen) atoms. The fourth-order valence-electron chi connectivity index (χ4n) is 1.93. The van der Waals surface area contributed by atoms with Gasteiger partial charge in [-0.15, -0.1) is 0 Å². The topological polar surface area (TPSA) is 44.5 Å². The number of benzene rings is 2. The van der Waals surface area contributed by atoms with Crippen LogP contribution < -0.4 is 15.2 Å². The highest BCUT2D eigenvalue weighted by molar-refractivity contribution is 7.99. The lowest BCUT2D eigenvalue weighted by atomic mass is 10.3. The molecule has 3 rings (SSSR count). The number of fused-ring (bicyclic) bond motifs is 1. The molecule has 0 amide bonds. The first-order valence-electron chi connectivity index (χ1n) is 6.35. The molecule has 2 aromatic carbocycles. The molecule has 0 saturated heterocycles. The van der Waals surface area contributed by atoms with Crippen LogP contribution in [0.4, 0.5) is 10.1 Å². The largest absolute Gasteiger partial charge is 0.490 e. The van der Waals surface area contributed by atoms with Crippen molar-refractivity contribution < 1.29 is 13.9 Å². The maximum Gasteiger partial charge on any atom is 0.162 e. The van der Waals surface area contributed by atoms with Gasteiger partial charge in [0.2, 0.25) is 0 Å². The van der Waals surface area contributed by atoms with Gasteiger partial charge in [-0.3, -0.25) is 0 Å². The lowest BCUT2D eigenvalue weighted by Gasteiger charge is -2.10. The van der Waals surface area contributed by atoms with Crippen LogP contribution in [-0.2, 0) is 0 Å². The Morgan fingerprint density at radius 2 is 1.80 bits per heavy atom. The average Bonchev–Trinajstić information content (AvgIpc) is 2.67. The second kappa shape index (κ2) is 5.63. The van der Waals surface area contributed by atoms with Crippen molar-refractivity contribution in [1.29, 1.82) is 0 Å². The van der Waals surface area contributed by atoms with Crippen molar-refractivity contribution in [3.63, 3.8) is 0 Å². The summed E-state index contributed by atoms with van der Waals surface area (Å²) in [5, 5.41) is 0. The molecule has 104 valence electrons. The Labute approximate surface area is 120 Å². The van der Waals surface area contributed by atoms with Crippen LogP contribution in [0.1, 0.15) is 6.42 Å². The Kier molecular flexibility index (Phi) is 3.69. The minimum absolute atomic E-state index is 0.295. The van der Waals surface area contributed by atoms with Crippen LogP contribution in [0, 0.1) is 5.82 Å². The smallest absolute Gasteiger partial charge is 0.162 e. The zero-order valence-electron chi connectivity index (χ0n) is 10.8. The monoisotopic (exact) mass is 291 g/mol. The predicted octanol–water partition coefficient (Wildman–Crippen LogP) is 3.72. The lowest BCUT2D eigenvalue weighted by Crippen LogP contribution is -1.97. The number of rotatable bonds is 2. The molecule has 0 spiro atoms. The van der Waals surface area contributed by atoms with Gasteiger partial charge in [0.1, 0.15) is 5.82 Å². The van der Waals surface area contributed by atoms with Crippen LogP contribution in [-0.4, -0.2) is 13.2 Å². The average molecular weight is 291 g/mol. The molecule has 3 nitrogen and oxygen atoms in total. The Morgan fingerprint density at radius 3 is 2.65 bits per heavy atom. The summed E-state index contributed by atoms with van der Waals surface area (Å²) in [6.45, 7) is 1.31. The number of hydrogen-bond acceptors (Lipinski definition) is 4. The van der Waals surface area contributed by atoms with Crippen molar-refractivity contribution in [3.05, 3.63) is 42.2 Å². The fraction of sp³-hybridized carbons (Fsp3) is 0.200. The Bertz CT molecular complexity index is 633. The molecule has 1 aliphatic rings. The van der Waals surface area contributed by atoms with Gasteiger partial charge >= 0.3 is 0 Å². The molecule has 0 aliphatic carbocycles. The third-order valence-electron chi connectivity index (χ3n) is 2.92. The van der Waals surface area contributed by atoms with E-state index in [9.17, 15) is 4.39 Å². The van der Waals surface area contributed by atoms with Crippen molar-refractivity contribution in [2.24, 2.45) is 0 Å². The summed E-state index contributed by atoms with van der Waals surface area (Å²) < 4.78 is 24.5.